The number of hydrogen-bond donors (Lipinski definition) is 1. The second-order valence-electron chi connectivity index (χ2n) is 5.54. The van der Waals surface area contributed by atoms with Gasteiger partial charge in [-0.05, 0) is 37.5 Å². The van der Waals surface area contributed by atoms with Gasteiger partial charge in [-0.1, -0.05) is 24.1 Å². The lowest BCUT2D eigenvalue weighted by atomic mass is 10.00. The molecule has 0 aliphatic carbocycles. The van der Waals surface area contributed by atoms with Crippen LogP contribution in [0.3, 0.4) is 0 Å². The molecule has 0 bridgehead atoms. The van der Waals surface area contributed by atoms with E-state index in [0.717, 1.165) is 19.3 Å². The number of nitrogens with two attached hydrogens (primary N) is 1. The fourth-order valence-electron chi connectivity index (χ4n) is 2.72. The molecule has 1 aromatic rings. The Morgan fingerprint density at radius 3 is 2.73 bits per heavy atom. The van der Waals surface area contributed by atoms with Gasteiger partial charge in [0.25, 0.3) is 0 Å². The first-order valence-electron chi connectivity index (χ1n) is 7.00. The van der Waals surface area contributed by atoms with E-state index in [2.05, 4.69) is 0 Å². The fourth-order valence-corrected chi connectivity index (χ4v) is 4.81. The summed E-state index contributed by atoms with van der Waals surface area (Å²) in [7, 11) is -3.49. The van der Waals surface area contributed by atoms with Crippen LogP contribution < -0.4 is 5.73 Å². The van der Waals surface area contributed by atoms with Gasteiger partial charge < -0.3 is 5.73 Å². The van der Waals surface area contributed by atoms with Gasteiger partial charge in [0.15, 0.2) is 0 Å². The number of piperidine rings is 1. The summed E-state index contributed by atoms with van der Waals surface area (Å²) in [5, 5.41) is -0.0647. The first-order chi connectivity index (χ1) is 9.81. The largest absolute Gasteiger partial charge is 0.326 e. The van der Waals surface area contributed by atoms with Gasteiger partial charge in [-0.25, -0.2) is 12.8 Å². The van der Waals surface area contributed by atoms with Gasteiger partial charge >= 0.3 is 0 Å². The van der Waals surface area contributed by atoms with E-state index >= 15 is 0 Å². The molecule has 1 aliphatic rings. The molecule has 1 aromatic carbocycles. The molecular formula is C14H21Cl2FN2O2S. The van der Waals surface area contributed by atoms with Crippen molar-refractivity contribution in [1.29, 1.82) is 0 Å². The highest BCUT2D eigenvalue weighted by molar-refractivity contribution is 7.88. The Morgan fingerprint density at radius 2 is 2.14 bits per heavy atom. The molecule has 2 atom stereocenters. The molecule has 0 saturated carbocycles. The summed E-state index contributed by atoms with van der Waals surface area (Å²) in [4.78, 5) is 0. The monoisotopic (exact) mass is 370 g/mol. The zero-order valence-corrected chi connectivity index (χ0v) is 14.7. The van der Waals surface area contributed by atoms with E-state index < -0.39 is 15.8 Å². The summed E-state index contributed by atoms with van der Waals surface area (Å²) >= 11 is 5.70. The average Bonchev–Trinajstić information content (AvgIpc) is 2.42. The molecule has 1 saturated heterocycles. The third-order valence-electron chi connectivity index (χ3n) is 3.80. The molecule has 0 radical (unpaired) electrons. The van der Waals surface area contributed by atoms with E-state index in [1.54, 1.807) is 0 Å². The minimum absolute atomic E-state index is 0. The van der Waals surface area contributed by atoms with Crippen molar-refractivity contribution < 1.29 is 12.8 Å². The van der Waals surface area contributed by atoms with Crippen molar-refractivity contribution in [2.75, 3.05) is 6.54 Å². The molecule has 4 nitrogen and oxygen atoms in total. The maximum atomic E-state index is 13.1. The molecular weight excluding hydrogens is 350 g/mol. The lowest BCUT2D eigenvalue weighted by molar-refractivity contribution is 0.227. The smallest absolute Gasteiger partial charge is 0.218 e. The number of hydrogen-bond acceptors (Lipinski definition) is 3. The molecule has 2 rings (SSSR count). The molecule has 0 aromatic heterocycles. The van der Waals surface area contributed by atoms with Crippen molar-refractivity contribution in [3.8, 4) is 0 Å². The van der Waals surface area contributed by atoms with E-state index in [9.17, 15) is 12.8 Å². The molecule has 1 fully saturated rings. The van der Waals surface area contributed by atoms with Crippen LogP contribution in [-0.2, 0) is 15.8 Å². The molecule has 0 amide bonds. The van der Waals surface area contributed by atoms with Crippen LogP contribution in [-0.4, -0.2) is 31.4 Å². The van der Waals surface area contributed by atoms with Crippen LogP contribution in [0.1, 0.15) is 31.7 Å². The van der Waals surface area contributed by atoms with Crippen molar-refractivity contribution in [3.63, 3.8) is 0 Å². The van der Waals surface area contributed by atoms with Crippen molar-refractivity contribution in [2.24, 2.45) is 5.73 Å². The summed E-state index contributed by atoms with van der Waals surface area (Å²) < 4.78 is 39.8. The predicted octanol–water partition coefficient (Wildman–Crippen LogP) is 2.93. The lowest BCUT2D eigenvalue weighted by Crippen LogP contribution is -2.51. The van der Waals surface area contributed by atoms with Gasteiger partial charge in [-0.2, -0.15) is 4.31 Å². The zero-order valence-electron chi connectivity index (χ0n) is 12.3. The van der Waals surface area contributed by atoms with E-state index in [0.29, 0.717) is 12.1 Å². The van der Waals surface area contributed by atoms with Gasteiger partial charge in [-0.3, -0.25) is 0 Å². The van der Waals surface area contributed by atoms with Crippen molar-refractivity contribution in [3.05, 3.63) is 34.6 Å². The van der Waals surface area contributed by atoms with Crippen LogP contribution in [0.25, 0.3) is 0 Å². The van der Waals surface area contributed by atoms with E-state index in [-0.39, 0.29) is 35.3 Å². The molecule has 2 N–H and O–H groups in total. The molecule has 2 unspecified atom stereocenters. The summed E-state index contributed by atoms with van der Waals surface area (Å²) in [5.74, 6) is -0.736. The Kier molecular flexibility index (Phi) is 7.08. The quantitative estimate of drug-likeness (QED) is 0.885. The van der Waals surface area contributed by atoms with E-state index in [1.807, 2.05) is 6.92 Å². The summed E-state index contributed by atoms with van der Waals surface area (Å²) in [6, 6.07) is 3.62. The summed E-state index contributed by atoms with van der Waals surface area (Å²) in [6.07, 6.45) is 2.61. The van der Waals surface area contributed by atoms with Crippen LogP contribution in [0.2, 0.25) is 5.02 Å². The van der Waals surface area contributed by atoms with Crippen molar-refractivity contribution >= 4 is 34.0 Å². The Morgan fingerprint density at radius 1 is 1.45 bits per heavy atom. The second kappa shape index (κ2) is 7.93. The molecule has 8 heteroatoms. The SMILES string of the molecule is CC(N)C1CCCCN1S(=O)(=O)Cc1ccc(F)c(Cl)c1.Cl. The molecule has 126 valence electrons. The fraction of sp³-hybridized carbons (Fsp3) is 0.571. The number of sulfonamides is 1. The Bertz CT molecular complexity index is 611. The van der Waals surface area contributed by atoms with Gasteiger partial charge in [0.1, 0.15) is 5.82 Å². The topological polar surface area (TPSA) is 63.4 Å². The van der Waals surface area contributed by atoms with Crippen LogP contribution in [0, 0.1) is 5.82 Å². The third kappa shape index (κ3) is 4.55. The Balaban J connectivity index is 0.00000242. The molecule has 1 aliphatic heterocycles. The molecule has 1 heterocycles. The van der Waals surface area contributed by atoms with Gasteiger partial charge in [-0.15, -0.1) is 12.4 Å². The third-order valence-corrected chi connectivity index (χ3v) is 5.95. The highest BCUT2D eigenvalue weighted by Crippen LogP contribution is 2.25. The normalized spacial score (nSPS) is 21.2. The molecule has 0 spiro atoms. The minimum atomic E-state index is -3.49. The average molecular weight is 371 g/mol. The van der Waals surface area contributed by atoms with Crippen LogP contribution >= 0.6 is 24.0 Å². The van der Waals surface area contributed by atoms with Gasteiger partial charge in [0.2, 0.25) is 10.0 Å². The highest BCUT2D eigenvalue weighted by Gasteiger charge is 2.34. The minimum Gasteiger partial charge on any atom is -0.326 e. The summed E-state index contributed by atoms with van der Waals surface area (Å²) in [5.41, 5.74) is 6.40. The zero-order chi connectivity index (χ0) is 15.6. The maximum absolute atomic E-state index is 13.1. The number of rotatable bonds is 4. The maximum Gasteiger partial charge on any atom is 0.218 e. The molecule has 22 heavy (non-hydrogen) atoms. The highest BCUT2D eigenvalue weighted by atomic mass is 35.5. The van der Waals surface area contributed by atoms with Crippen molar-refractivity contribution in [1.82, 2.24) is 4.31 Å². The number of halogens is 3. The first-order valence-corrected chi connectivity index (χ1v) is 8.99. The second-order valence-corrected chi connectivity index (χ2v) is 7.87. The number of nitrogens with zero attached hydrogens (tertiary/aromatic N) is 1. The Hall–Kier alpha value is -0.400. The van der Waals surface area contributed by atoms with E-state index in [1.165, 1.54) is 22.5 Å². The standard InChI is InChI=1S/C14H20ClFN2O2S.ClH/c1-10(17)14-4-2-3-7-18(14)21(19,20)9-11-5-6-13(16)12(15)8-11;/h5-6,8,10,14H,2-4,7,9,17H2,1H3;1H. The van der Waals surface area contributed by atoms with Gasteiger partial charge in [0.05, 0.1) is 10.8 Å². The van der Waals surface area contributed by atoms with Crippen LogP contribution in [0.15, 0.2) is 18.2 Å². The van der Waals surface area contributed by atoms with E-state index in [4.69, 9.17) is 17.3 Å². The lowest BCUT2D eigenvalue weighted by Gasteiger charge is -2.37. The van der Waals surface area contributed by atoms with Crippen LogP contribution in [0.4, 0.5) is 4.39 Å². The Labute approximate surface area is 142 Å². The van der Waals surface area contributed by atoms with Crippen molar-refractivity contribution in [2.45, 2.75) is 44.0 Å². The first kappa shape index (κ1) is 19.6. The number of benzene rings is 1. The predicted molar refractivity (Wildman–Crippen MR) is 89.3 cm³/mol. The summed E-state index contributed by atoms with van der Waals surface area (Å²) in [6.45, 7) is 2.32. The van der Waals surface area contributed by atoms with Crippen LogP contribution in [0.5, 0.6) is 0 Å². The van der Waals surface area contributed by atoms with Gasteiger partial charge in [0, 0.05) is 18.6 Å².